The van der Waals surface area contributed by atoms with E-state index < -0.39 is 5.97 Å². The highest BCUT2D eigenvalue weighted by Crippen LogP contribution is 2.28. The normalized spacial score (nSPS) is 22.2. The summed E-state index contributed by atoms with van der Waals surface area (Å²) in [6.07, 6.45) is 2.54. The summed E-state index contributed by atoms with van der Waals surface area (Å²) >= 11 is 0. The number of hydrogen-bond donors (Lipinski definition) is 3. The lowest BCUT2D eigenvalue weighted by atomic mass is 10.1. The van der Waals surface area contributed by atoms with Gasteiger partial charge < -0.3 is 20.3 Å². The molecular formula is C14H19NO4. The molecule has 1 saturated carbocycles. The Morgan fingerprint density at radius 3 is 2.84 bits per heavy atom. The molecular weight excluding hydrogens is 246 g/mol. The number of carboxylic acids is 1. The first-order valence-corrected chi connectivity index (χ1v) is 6.45. The second-order valence-corrected chi connectivity index (χ2v) is 4.86. The van der Waals surface area contributed by atoms with Crippen molar-refractivity contribution in [2.24, 2.45) is 5.92 Å². The van der Waals surface area contributed by atoms with E-state index in [0.717, 1.165) is 19.3 Å². The van der Waals surface area contributed by atoms with Gasteiger partial charge in [-0.2, -0.15) is 0 Å². The van der Waals surface area contributed by atoms with Gasteiger partial charge in [0, 0.05) is 18.5 Å². The molecule has 0 spiro atoms. The van der Waals surface area contributed by atoms with Crippen LogP contribution in [0.5, 0.6) is 5.75 Å². The maximum Gasteiger partial charge on any atom is 0.337 e. The van der Waals surface area contributed by atoms with Crippen LogP contribution < -0.4 is 10.1 Å². The molecule has 19 heavy (non-hydrogen) atoms. The zero-order valence-corrected chi connectivity index (χ0v) is 10.9. The molecule has 2 unspecified atom stereocenters. The SMILES string of the molecule is COc1ccc(C(=O)O)c(NCC2CCCC2O)c1. The number of aliphatic hydroxyl groups is 1. The number of ether oxygens (including phenoxy) is 1. The smallest absolute Gasteiger partial charge is 0.337 e. The van der Waals surface area contributed by atoms with Crippen LogP contribution in [0.2, 0.25) is 0 Å². The number of hydrogen-bond acceptors (Lipinski definition) is 4. The zero-order chi connectivity index (χ0) is 13.8. The summed E-state index contributed by atoms with van der Waals surface area (Å²) in [6.45, 7) is 0.578. The van der Waals surface area contributed by atoms with Crippen LogP contribution in [0.25, 0.3) is 0 Å². The van der Waals surface area contributed by atoms with Crippen LogP contribution in [0.1, 0.15) is 29.6 Å². The quantitative estimate of drug-likeness (QED) is 0.758. The minimum absolute atomic E-state index is 0.188. The minimum atomic E-state index is -0.975. The van der Waals surface area contributed by atoms with Crippen LogP contribution in [-0.4, -0.2) is 35.9 Å². The molecule has 0 heterocycles. The molecule has 1 aromatic carbocycles. The number of aromatic carboxylic acids is 1. The second-order valence-electron chi connectivity index (χ2n) is 4.86. The molecule has 3 N–H and O–H groups in total. The molecule has 104 valence electrons. The zero-order valence-electron chi connectivity index (χ0n) is 10.9. The van der Waals surface area contributed by atoms with Crippen molar-refractivity contribution in [3.05, 3.63) is 23.8 Å². The Bertz CT molecular complexity index is 461. The molecule has 0 radical (unpaired) electrons. The van der Waals surface area contributed by atoms with Gasteiger partial charge in [0.2, 0.25) is 0 Å². The second kappa shape index (κ2) is 5.93. The molecule has 5 nitrogen and oxygen atoms in total. The third-order valence-corrected chi connectivity index (χ3v) is 3.63. The van der Waals surface area contributed by atoms with Gasteiger partial charge in [-0.05, 0) is 25.0 Å². The standard InChI is InChI=1S/C14H19NO4/c1-19-10-5-6-11(14(17)18)12(7-10)15-8-9-3-2-4-13(9)16/h5-7,9,13,15-16H,2-4,8H2,1H3,(H,17,18). The number of carboxylic acid groups (broad SMARTS) is 1. The van der Waals surface area contributed by atoms with Crippen LogP contribution >= 0.6 is 0 Å². The highest BCUT2D eigenvalue weighted by Gasteiger charge is 2.25. The average Bonchev–Trinajstić information content (AvgIpc) is 2.81. The lowest BCUT2D eigenvalue weighted by molar-refractivity contribution is 0.0698. The van der Waals surface area contributed by atoms with Gasteiger partial charge in [-0.3, -0.25) is 0 Å². The first-order chi connectivity index (χ1) is 9.11. The van der Waals surface area contributed by atoms with Gasteiger partial charge in [0.25, 0.3) is 0 Å². The molecule has 0 aliphatic heterocycles. The largest absolute Gasteiger partial charge is 0.497 e. The summed E-state index contributed by atoms with van der Waals surface area (Å²) in [5.41, 5.74) is 0.749. The van der Waals surface area contributed by atoms with Crippen molar-refractivity contribution >= 4 is 11.7 Å². The van der Waals surface area contributed by atoms with E-state index in [4.69, 9.17) is 9.84 Å². The van der Waals surface area contributed by atoms with Crippen LogP contribution in [0.15, 0.2) is 18.2 Å². The van der Waals surface area contributed by atoms with E-state index in [1.54, 1.807) is 19.2 Å². The predicted octanol–water partition coefficient (Wildman–Crippen LogP) is 1.97. The topological polar surface area (TPSA) is 78.8 Å². The lowest BCUT2D eigenvalue weighted by Crippen LogP contribution is -2.22. The van der Waals surface area contributed by atoms with E-state index >= 15 is 0 Å². The summed E-state index contributed by atoms with van der Waals surface area (Å²) in [5.74, 6) is -0.176. The molecule has 1 aliphatic rings. The molecule has 1 aromatic rings. The number of rotatable bonds is 5. The molecule has 0 amide bonds. The number of carbonyl (C=O) groups is 1. The van der Waals surface area contributed by atoms with Crippen molar-refractivity contribution < 1.29 is 19.7 Å². The van der Waals surface area contributed by atoms with E-state index in [-0.39, 0.29) is 17.6 Å². The van der Waals surface area contributed by atoms with Gasteiger partial charge in [-0.1, -0.05) is 6.42 Å². The Labute approximate surface area is 112 Å². The summed E-state index contributed by atoms with van der Waals surface area (Å²) in [4.78, 5) is 11.2. The van der Waals surface area contributed by atoms with Crippen molar-refractivity contribution in [1.82, 2.24) is 0 Å². The van der Waals surface area contributed by atoms with Crippen molar-refractivity contribution in [3.8, 4) is 5.75 Å². The molecule has 0 saturated heterocycles. The van der Waals surface area contributed by atoms with Gasteiger partial charge in [-0.15, -0.1) is 0 Å². The van der Waals surface area contributed by atoms with E-state index in [9.17, 15) is 9.90 Å². The van der Waals surface area contributed by atoms with E-state index in [1.165, 1.54) is 6.07 Å². The lowest BCUT2D eigenvalue weighted by Gasteiger charge is -2.17. The van der Waals surface area contributed by atoms with E-state index in [2.05, 4.69) is 5.32 Å². The molecule has 2 atom stereocenters. The maximum absolute atomic E-state index is 11.2. The number of methoxy groups -OCH3 is 1. The first kappa shape index (κ1) is 13.7. The Hall–Kier alpha value is -1.75. The van der Waals surface area contributed by atoms with E-state index in [0.29, 0.717) is 18.0 Å². The maximum atomic E-state index is 11.2. The Kier molecular flexibility index (Phi) is 4.27. The summed E-state index contributed by atoms with van der Waals surface area (Å²) in [5, 5.41) is 22.0. The molecule has 2 rings (SSSR count). The fraction of sp³-hybridized carbons (Fsp3) is 0.500. The van der Waals surface area contributed by atoms with Crippen molar-refractivity contribution in [2.45, 2.75) is 25.4 Å². The molecule has 1 fully saturated rings. The first-order valence-electron chi connectivity index (χ1n) is 6.45. The van der Waals surface area contributed by atoms with Crippen LogP contribution in [-0.2, 0) is 0 Å². The number of aliphatic hydroxyl groups excluding tert-OH is 1. The fourth-order valence-electron chi connectivity index (χ4n) is 2.48. The minimum Gasteiger partial charge on any atom is -0.497 e. The Morgan fingerprint density at radius 2 is 2.26 bits per heavy atom. The van der Waals surface area contributed by atoms with Gasteiger partial charge in [-0.25, -0.2) is 4.79 Å². The molecule has 0 aromatic heterocycles. The average molecular weight is 265 g/mol. The molecule has 1 aliphatic carbocycles. The number of nitrogens with one attached hydrogen (secondary N) is 1. The van der Waals surface area contributed by atoms with Crippen LogP contribution in [0.4, 0.5) is 5.69 Å². The van der Waals surface area contributed by atoms with Gasteiger partial charge in [0.15, 0.2) is 0 Å². The Balaban J connectivity index is 2.10. The van der Waals surface area contributed by atoms with Crippen LogP contribution in [0.3, 0.4) is 0 Å². The number of benzene rings is 1. The van der Waals surface area contributed by atoms with Crippen molar-refractivity contribution in [1.29, 1.82) is 0 Å². The van der Waals surface area contributed by atoms with Gasteiger partial charge in [0.1, 0.15) is 5.75 Å². The summed E-state index contributed by atoms with van der Waals surface area (Å²) < 4.78 is 5.10. The highest BCUT2D eigenvalue weighted by molar-refractivity contribution is 5.94. The predicted molar refractivity (Wildman–Crippen MR) is 71.8 cm³/mol. The van der Waals surface area contributed by atoms with Crippen molar-refractivity contribution in [2.75, 3.05) is 19.0 Å². The molecule has 0 bridgehead atoms. The highest BCUT2D eigenvalue weighted by atomic mass is 16.5. The monoisotopic (exact) mass is 265 g/mol. The fourth-order valence-corrected chi connectivity index (χ4v) is 2.48. The molecule has 5 heteroatoms. The number of anilines is 1. The Morgan fingerprint density at radius 1 is 1.47 bits per heavy atom. The summed E-state index contributed by atoms with van der Waals surface area (Å²) in [7, 11) is 1.54. The van der Waals surface area contributed by atoms with Gasteiger partial charge >= 0.3 is 5.97 Å². The van der Waals surface area contributed by atoms with Crippen LogP contribution in [0, 0.1) is 5.92 Å². The van der Waals surface area contributed by atoms with Crippen molar-refractivity contribution in [3.63, 3.8) is 0 Å². The van der Waals surface area contributed by atoms with Gasteiger partial charge in [0.05, 0.1) is 24.5 Å². The third-order valence-electron chi connectivity index (χ3n) is 3.63. The third kappa shape index (κ3) is 3.17. The summed E-state index contributed by atoms with van der Waals surface area (Å²) in [6, 6.07) is 4.82. The van der Waals surface area contributed by atoms with E-state index in [1.807, 2.05) is 0 Å².